The summed E-state index contributed by atoms with van der Waals surface area (Å²) in [4.78, 5) is 25.6. The molecule has 28 heavy (non-hydrogen) atoms. The van der Waals surface area contributed by atoms with Crippen LogP contribution >= 0.6 is 0 Å². The molecule has 1 amide bonds. The van der Waals surface area contributed by atoms with Crippen LogP contribution in [0.3, 0.4) is 0 Å². The highest BCUT2D eigenvalue weighted by molar-refractivity contribution is 5.96. The summed E-state index contributed by atoms with van der Waals surface area (Å²) < 4.78 is 15.2. The maximum absolute atomic E-state index is 13.3. The Bertz CT molecular complexity index is 976. The van der Waals surface area contributed by atoms with Crippen molar-refractivity contribution in [2.45, 2.75) is 13.8 Å². The van der Waals surface area contributed by atoms with Crippen LogP contribution < -0.4 is 4.90 Å². The lowest BCUT2D eigenvalue weighted by atomic mass is 10.2. The van der Waals surface area contributed by atoms with Crippen LogP contribution in [0.25, 0.3) is 5.69 Å². The van der Waals surface area contributed by atoms with Gasteiger partial charge in [-0.2, -0.15) is 0 Å². The molecular weight excluding hydrogens is 357 g/mol. The van der Waals surface area contributed by atoms with Crippen LogP contribution in [0.1, 0.15) is 21.7 Å². The Labute approximate surface area is 163 Å². The van der Waals surface area contributed by atoms with Gasteiger partial charge in [-0.25, -0.2) is 9.37 Å². The molecule has 1 fully saturated rings. The van der Waals surface area contributed by atoms with Crippen LogP contribution in [0.2, 0.25) is 0 Å². The molecule has 0 spiro atoms. The van der Waals surface area contributed by atoms with E-state index < -0.39 is 0 Å². The van der Waals surface area contributed by atoms with Gasteiger partial charge in [0, 0.05) is 55.6 Å². The molecule has 1 aromatic carbocycles. The fraction of sp³-hybridized carbons (Fsp3) is 0.286. The molecule has 1 aliphatic rings. The van der Waals surface area contributed by atoms with Gasteiger partial charge in [0.05, 0.1) is 11.8 Å². The van der Waals surface area contributed by atoms with Crippen molar-refractivity contribution in [2.24, 2.45) is 0 Å². The molecule has 0 N–H and O–H groups in total. The lowest BCUT2D eigenvalue weighted by molar-refractivity contribution is 0.0746. The quantitative estimate of drug-likeness (QED) is 0.702. The number of hydrogen-bond donors (Lipinski definition) is 0. The van der Waals surface area contributed by atoms with Gasteiger partial charge in [-0.3, -0.25) is 9.78 Å². The van der Waals surface area contributed by atoms with Crippen LogP contribution in [0.15, 0.2) is 48.9 Å². The first kappa shape index (κ1) is 18.2. The summed E-state index contributed by atoms with van der Waals surface area (Å²) in [5.74, 6) is 0.591. The van der Waals surface area contributed by atoms with Gasteiger partial charge in [0.1, 0.15) is 11.6 Å². The summed E-state index contributed by atoms with van der Waals surface area (Å²) in [6, 6.07) is 8.23. The first-order chi connectivity index (χ1) is 13.5. The standard InChI is InChI=1S/C21H22FN5O/c1-15-13-19(16(2)27(15)18-5-3-17(22)4-6-18)21(28)26-11-9-25(10-12-26)20-14-23-7-8-24-20/h3-8,13-14H,9-12H2,1-2H3. The third-order valence-electron chi connectivity index (χ3n) is 5.19. The summed E-state index contributed by atoms with van der Waals surface area (Å²) in [6.07, 6.45) is 5.07. The number of hydrogen-bond acceptors (Lipinski definition) is 4. The molecule has 0 atom stereocenters. The molecule has 144 valence electrons. The maximum atomic E-state index is 13.3. The first-order valence-electron chi connectivity index (χ1n) is 9.29. The fourth-order valence-corrected chi connectivity index (χ4v) is 3.73. The van der Waals surface area contributed by atoms with E-state index in [1.807, 2.05) is 29.4 Å². The third-order valence-corrected chi connectivity index (χ3v) is 5.19. The zero-order valence-electron chi connectivity index (χ0n) is 16.0. The van der Waals surface area contributed by atoms with Gasteiger partial charge in [0.2, 0.25) is 0 Å². The number of nitrogens with zero attached hydrogens (tertiary/aromatic N) is 5. The van der Waals surface area contributed by atoms with E-state index in [1.165, 1.54) is 12.1 Å². The van der Waals surface area contributed by atoms with Gasteiger partial charge in [0.15, 0.2) is 0 Å². The highest BCUT2D eigenvalue weighted by Gasteiger charge is 2.26. The molecular formula is C21H22FN5O. The zero-order chi connectivity index (χ0) is 19.7. The molecule has 3 aromatic rings. The number of amides is 1. The monoisotopic (exact) mass is 379 g/mol. The van der Waals surface area contributed by atoms with Crippen LogP contribution in [-0.2, 0) is 0 Å². The van der Waals surface area contributed by atoms with Crippen molar-refractivity contribution in [1.82, 2.24) is 19.4 Å². The van der Waals surface area contributed by atoms with E-state index in [0.717, 1.165) is 36.0 Å². The second kappa shape index (κ2) is 7.42. The molecule has 1 saturated heterocycles. The normalized spacial score (nSPS) is 14.4. The molecule has 2 aromatic heterocycles. The average Bonchev–Trinajstić information content (AvgIpc) is 3.03. The van der Waals surface area contributed by atoms with E-state index in [1.54, 1.807) is 30.7 Å². The molecule has 0 saturated carbocycles. The van der Waals surface area contributed by atoms with Gasteiger partial charge in [-0.1, -0.05) is 0 Å². The molecule has 0 radical (unpaired) electrons. The van der Waals surface area contributed by atoms with Crippen LogP contribution in [0, 0.1) is 19.7 Å². The minimum absolute atomic E-state index is 0.0280. The van der Waals surface area contributed by atoms with E-state index in [9.17, 15) is 9.18 Å². The number of carbonyl (C=O) groups excluding carboxylic acids is 1. The predicted octanol–water partition coefficient (Wildman–Crippen LogP) is 2.99. The molecule has 4 rings (SSSR count). The van der Waals surface area contributed by atoms with Gasteiger partial charge >= 0.3 is 0 Å². The topological polar surface area (TPSA) is 54.3 Å². The second-order valence-electron chi connectivity index (χ2n) is 6.94. The lowest BCUT2D eigenvalue weighted by Crippen LogP contribution is -2.49. The maximum Gasteiger partial charge on any atom is 0.255 e. The Morgan fingerprint density at radius 1 is 1.04 bits per heavy atom. The van der Waals surface area contributed by atoms with Gasteiger partial charge < -0.3 is 14.4 Å². The average molecular weight is 379 g/mol. The summed E-state index contributed by atoms with van der Waals surface area (Å²) in [6.45, 7) is 6.60. The fourth-order valence-electron chi connectivity index (χ4n) is 3.73. The highest BCUT2D eigenvalue weighted by atomic mass is 19.1. The van der Waals surface area contributed by atoms with Gasteiger partial charge in [-0.05, 0) is 44.2 Å². The van der Waals surface area contributed by atoms with Crippen molar-refractivity contribution in [2.75, 3.05) is 31.1 Å². The van der Waals surface area contributed by atoms with E-state index in [4.69, 9.17) is 0 Å². The number of halogens is 1. The second-order valence-corrected chi connectivity index (χ2v) is 6.94. The largest absolute Gasteiger partial charge is 0.352 e. The zero-order valence-corrected chi connectivity index (χ0v) is 16.0. The lowest BCUT2D eigenvalue weighted by Gasteiger charge is -2.35. The molecule has 0 bridgehead atoms. The van der Waals surface area contributed by atoms with Crippen LogP contribution in [-0.4, -0.2) is 51.5 Å². The molecule has 3 heterocycles. The SMILES string of the molecule is Cc1cc(C(=O)N2CCN(c3cnccn3)CC2)c(C)n1-c1ccc(F)cc1. The first-order valence-corrected chi connectivity index (χ1v) is 9.29. The molecule has 6 nitrogen and oxygen atoms in total. The highest BCUT2D eigenvalue weighted by Crippen LogP contribution is 2.23. The Balaban J connectivity index is 1.52. The van der Waals surface area contributed by atoms with Crippen molar-refractivity contribution < 1.29 is 9.18 Å². The number of rotatable bonds is 3. The molecule has 0 aliphatic carbocycles. The minimum Gasteiger partial charge on any atom is -0.352 e. The van der Waals surface area contributed by atoms with E-state index >= 15 is 0 Å². The van der Waals surface area contributed by atoms with Crippen molar-refractivity contribution in [1.29, 1.82) is 0 Å². The van der Waals surface area contributed by atoms with Gasteiger partial charge in [0.25, 0.3) is 5.91 Å². The molecule has 0 unspecified atom stereocenters. The number of anilines is 1. The van der Waals surface area contributed by atoms with Gasteiger partial charge in [-0.15, -0.1) is 0 Å². The number of aryl methyl sites for hydroxylation is 1. The summed E-state index contributed by atoms with van der Waals surface area (Å²) in [7, 11) is 0. The number of benzene rings is 1. The van der Waals surface area contributed by atoms with E-state index in [-0.39, 0.29) is 11.7 Å². The smallest absolute Gasteiger partial charge is 0.255 e. The summed E-state index contributed by atoms with van der Waals surface area (Å²) in [5.41, 5.74) is 3.36. The number of piperazine rings is 1. The van der Waals surface area contributed by atoms with Crippen molar-refractivity contribution in [3.63, 3.8) is 0 Å². The van der Waals surface area contributed by atoms with Crippen molar-refractivity contribution in [3.05, 3.63) is 71.7 Å². The van der Waals surface area contributed by atoms with Crippen LogP contribution in [0.5, 0.6) is 0 Å². The molecule has 1 aliphatic heterocycles. The number of aromatic nitrogens is 3. The Morgan fingerprint density at radius 2 is 1.75 bits per heavy atom. The minimum atomic E-state index is -0.275. The van der Waals surface area contributed by atoms with E-state index in [2.05, 4.69) is 14.9 Å². The van der Waals surface area contributed by atoms with E-state index in [0.29, 0.717) is 18.7 Å². The van der Waals surface area contributed by atoms with Crippen LogP contribution in [0.4, 0.5) is 10.2 Å². The summed E-state index contributed by atoms with van der Waals surface area (Å²) >= 11 is 0. The summed E-state index contributed by atoms with van der Waals surface area (Å²) in [5, 5.41) is 0. The number of carbonyl (C=O) groups is 1. The van der Waals surface area contributed by atoms with Crippen molar-refractivity contribution in [3.8, 4) is 5.69 Å². The Hall–Kier alpha value is -3.22. The Kier molecular flexibility index (Phi) is 4.81. The third kappa shape index (κ3) is 3.35. The van der Waals surface area contributed by atoms with Crippen molar-refractivity contribution >= 4 is 11.7 Å². The molecule has 7 heteroatoms. The predicted molar refractivity (Wildman–Crippen MR) is 105 cm³/mol. The Morgan fingerprint density at radius 3 is 2.39 bits per heavy atom.